The number of aromatic nitrogens is 1. The molecule has 19 heavy (non-hydrogen) atoms. The quantitative estimate of drug-likeness (QED) is 0.760. The van der Waals surface area contributed by atoms with Gasteiger partial charge in [-0.25, -0.2) is 0 Å². The van der Waals surface area contributed by atoms with E-state index >= 15 is 0 Å². The molecule has 0 atom stereocenters. The van der Waals surface area contributed by atoms with Crippen LogP contribution in [0, 0.1) is 0 Å². The molecule has 3 nitrogen and oxygen atoms in total. The van der Waals surface area contributed by atoms with Crippen molar-refractivity contribution in [2.24, 2.45) is 0 Å². The summed E-state index contributed by atoms with van der Waals surface area (Å²) in [6.07, 6.45) is 1.89. The molecule has 1 aromatic carbocycles. The van der Waals surface area contributed by atoms with E-state index in [1.54, 1.807) is 29.8 Å². The molecule has 0 unspecified atom stereocenters. The third-order valence-corrected chi connectivity index (χ3v) is 4.34. The lowest BCUT2D eigenvalue weighted by molar-refractivity contribution is 0.415. The highest BCUT2D eigenvalue weighted by atomic mass is 32.1. The SMILES string of the molecule is COc1ccc(Nc2cc(-c3cncs3)cs2)cc1. The van der Waals surface area contributed by atoms with Crippen LogP contribution in [-0.2, 0) is 0 Å². The summed E-state index contributed by atoms with van der Waals surface area (Å²) in [6.45, 7) is 0. The Morgan fingerprint density at radius 1 is 1.16 bits per heavy atom. The minimum Gasteiger partial charge on any atom is -0.497 e. The molecule has 3 rings (SSSR count). The van der Waals surface area contributed by atoms with Crippen LogP contribution < -0.4 is 10.1 Å². The molecule has 0 aliphatic rings. The Hall–Kier alpha value is -1.85. The Labute approximate surface area is 119 Å². The second kappa shape index (κ2) is 5.42. The van der Waals surface area contributed by atoms with Gasteiger partial charge < -0.3 is 10.1 Å². The van der Waals surface area contributed by atoms with Gasteiger partial charge in [0.2, 0.25) is 0 Å². The van der Waals surface area contributed by atoms with Crippen molar-refractivity contribution in [2.45, 2.75) is 0 Å². The topological polar surface area (TPSA) is 34.1 Å². The van der Waals surface area contributed by atoms with Gasteiger partial charge in [-0.05, 0) is 30.3 Å². The Balaban J connectivity index is 1.76. The zero-order valence-electron chi connectivity index (χ0n) is 10.3. The molecule has 3 aromatic rings. The van der Waals surface area contributed by atoms with Crippen LogP contribution in [0.3, 0.4) is 0 Å². The summed E-state index contributed by atoms with van der Waals surface area (Å²) in [5, 5.41) is 6.64. The van der Waals surface area contributed by atoms with Crippen molar-refractivity contribution >= 4 is 33.4 Å². The Kier molecular flexibility index (Phi) is 3.48. The lowest BCUT2D eigenvalue weighted by Gasteiger charge is -2.04. The van der Waals surface area contributed by atoms with Crippen molar-refractivity contribution in [1.29, 1.82) is 0 Å². The fraction of sp³-hybridized carbons (Fsp3) is 0.0714. The van der Waals surface area contributed by atoms with E-state index in [1.807, 2.05) is 36.0 Å². The third-order valence-electron chi connectivity index (χ3n) is 2.67. The maximum Gasteiger partial charge on any atom is 0.119 e. The fourth-order valence-corrected chi connectivity index (χ4v) is 3.21. The standard InChI is InChI=1S/C14H12N2OS2/c1-17-12-4-2-11(3-5-12)16-14-6-10(8-18-14)13-7-15-9-19-13/h2-9,16H,1H3. The van der Waals surface area contributed by atoms with E-state index in [-0.39, 0.29) is 0 Å². The molecule has 0 spiro atoms. The molecule has 0 fully saturated rings. The van der Waals surface area contributed by atoms with Crippen molar-refractivity contribution in [3.8, 4) is 16.2 Å². The number of ether oxygens (including phenoxy) is 1. The molecular formula is C14H12N2OS2. The van der Waals surface area contributed by atoms with Crippen molar-refractivity contribution in [2.75, 3.05) is 12.4 Å². The monoisotopic (exact) mass is 288 g/mol. The number of hydrogen-bond donors (Lipinski definition) is 1. The van der Waals surface area contributed by atoms with Crippen LogP contribution in [0.1, 0.15) is 0 Å². The van der Waals surface area contributed by atoms with Crippen molar-refractivity contribution in [1.82, 2.24) is 4.98 Å². The van der Waals surface area contributed by atoms with Gasteiger partial charge in [-0.1, -0.05) is 0 Å². The van der Waals surface area contributed by atoms with E-state index in [0.29, 0.717) is 0 Å². The van der Waals surface area contributed by atoms with Crippen LogP contribution in [-0.4, -0.2) is 12.1 Å². The Bertz CT molecular complexity index is 644. The van der Waals surface area contributed by atoms with Crippen LogP contribution >= 0.6 is 22.7 Å². The van der Waals surface area contributed by atoms with Gasteiger partial charge in [0.05, 0.1) is 22.5 Å². The van der Waals surface area contributed by atoms with Crippen LogP contribution in [0.15, 0.2) is 47.4 Å². The Morgan fingerprint density at radius 2 is 2.00 bits per heavy atom. The van der Waals surface area contributed by atoms with Crippen LogP contribution in [0.2, 0.25) is 0 Å². The van der Waals surface area contributed by atoms with E-state index < -0.39 is 0 Å². The van der Waals surface area contributed by atoms with E-state index in [4.69, 9.17) is 4.74 Å². The average Bonchev–Trinajstić information content (AvgIpc) is 3.10. The summed E-state index contributed by atoms with van der Waals surface area (Å²) in [4.78, 5) is 5.29. The fourth-order valence-electron chi connectivity index (χ4n) is 1.71. The smallest absolute Gasteiger partial charge is 0.119 e. The lowest BCUT2D eigenvalue weighted by Crippen LogP contribution is -1.87. The summed E-state index contributed by atoms with van der Waals surface area (Å²) >= 11 is 3.34. The molecule has 5 heteroatoms. The first-order chi connectivity index (χ1) is 9.35. The highest BCUT2D eigenvalue weighted by molar-refractivity contribution is 7.16. The number of methoxy groups -OCH3 is 1. The number of benzene rings is 1. The van der Waals surface area contributed by atoms with E-state index in [9.17, 15) is 0 Å². The van der Waals surface area contributed by atoms with Crippen molar-refractivity contribution < 1.29 is 4.74 Å². The summed E-state index contributed by atoms with van der Waals surface area (Å²) in [5.41, 5.74) is 4.12. The molecule has 0 saturated heterocycles. The largest absolute Gasteiger partial charge is 0.497 e. The lowest BCUT2D eigenvalue weighted by atomic mass is 10.3. The van der Waals surface area contributed by atoms with E-state index in [2.05, 4.69) is 21.7 Å². The van der Waals surface area contributed by atoms with Gasteiger partial charge in [0.25, 0.3) is 0 Å². The van der Waals surface area contributed by atoms with Gasteiger partial charge in [-0.3, -0.25) is 4.98 Å². The molecule has 0 amide bonds. The van der Waals surface area contributed by atoms with Gasteiger partial charge in [-0.15, -0.1) is 22.7 Å². The van der Waals surface area contributed by atoms with Gasteiger partial charge in [0, 0.05) is 22.8 Å². The van der Waals surface area contributed by atoms with Crippen LogP contribution in [0.25, 0.3) is 10.4 Å². The third kappa shape index (κ3) is 2.77. The normalized spacial score (nSPS) is 10.4. The van der Waals surface area contributed by atoms with E-state index in [0.717, 1.165) is 16.4 Å². The number of nitrogens with zero attached hydrogens (tertiary/aromatic N) is 1. The molecule has 1 N–H and O–H groups in total. The second-order valence-electron chi connectivity index (χ2n) is 3.92. The second-order valence-corrected chi connectivity index (χ2v) is 5.72. The summed E-state index contributed by atoms with van der Waals surface area (Å²) in [7, 11) is 1.67. The van der Waals surface area contributed by atoms with Gasteiger partial charge in [-0.2, -0.15) is 0 Å². The molecule has 0 radical (unpaired) electrons. The van der Waals surface area contributed by atoms with Gasteiger partial charge in [0.1, 0.15) is 5.75 Å². The zero-order chi connectivity index (χ0) is 13.1. The Morgan fingerprint density at radius 3 is 2.68 bits per heavy atom. The predicted octanol–water partition coefficient (Wildman–Crippen LogP) is 4.62. The van der Waals surface area contributed by atoms with Gasteiger partial charge in [0.15, 0.2) is 0 Å². The molecule has 96 valence electrons. The molecule has 2 aromatic heterocycles. The highest BCUT2D eigenvalue weighted by Crippen LogP contribution is 2.32. The predicted molar refractivity (Wildman–Crippen MR) is 81.7 cm³/mol. The summed E-state index contributed by atoms with van der Waals surface area (Å²) < 4.78 is 5.14. The average molecular weight is 288 g/mol. The van der Waals surface area contributed by atoms with Crippen LogP contribution in [0.5, 0.6) is 5.75 Å². The number of thiophene rings is 1. The minimum atomic E-state index is 0.863. The number of rotatable bonds is 4. The molecule has 0 saturated carbocycles. The molecule has 0 aliphatic heterocycles. The van der Waals surface area contributed by atoms with E-state index in [1.165, 1.54) is 10.4 Å². The first kappa shape index (κ1) is 12.2. The van der Waals surface area contributed by atoms with Gasteiger partial charge >= 0.3 is 0 Å². The maximum absolute atomic E-state index is 5.14. The summed E-state index contributed by atoms with van der Waals surface area (Å²) in [6, 6.07) is 10.0. The van der Waals surface area contributed by atoms with Crippen molar-refractivity contribution in [3.63, 3.8) is 0 Å². The molecule has 0 aliphatic carbocycles. The summed E-state index contributed by atoms with van der Waals surface area (Å²) in [5.74, 6) is 0.863. The van der Waals surface area contributed by atoms with Crippen molar-refractivity contribution in [3.05, 3.63) is 47.4 Å². The number of thiazole rings is 1. The molecule has 2 heterocycles. The zero-order valence-corrected chi connectivity index (χ0v) is 11.9. The van der Waals surface area contributed by atoms with Crippen LogP contribution in [0.4, 0.5) is 10.7 Å². The first-order valence-electron chi connectivity index (χ1n) is 5.73. The number of hydrogen-bond acceptors (Lipinski definition) is 5. The first-order valence-corrected chi connectivity index (χ1v) is 7.49. The maximum atomic E-state index is 5.14. The molecule has 0 bridgehead atoms. The highest BCUT2D eigenvalue weighted by Gasteiger charge is 2.04. The number of nitrogens with one attached hydrogen (secondary N) is 1. The number of anilines is 2. The molecular weight excluding hydrogens is 276 g/mol. The minimum absolute atomic E-state index is 0.863.